The van der Waals surface area contributed by atoms with E-state index in [9.17, 15) is 4.79 Å². The Hall–Kier alpha value is -3.39. The predicted molar refractivity (Wildman–Crippen MR) is 126 cm³/mol. The third-order valence-electron chi connectivity index (χ3n) is 6.60. The van der Waals surface area contributed by atoms with Crippen molar-refractivity contribution < 1.29 is 14.3 Å². The van der Waals surface area contributed by atoms with Gasteiger partial charge in [-0.15, -0.1) is 0 Å². The number of ether oxygens (including phenoxy) is 2. The summed E-state index contributed by atoms with van der Waals surface area (Å²) in [5.74, 6) is 2.46. The van der Waals surface area contributed by atoms with Crippen LogP contribution >= 0.6 is 0 Å². The lowest BCUT2D eigenvalue weighted by atomic mass is 9.87. The van der Waals surface area contributed by atoms with Crippen molar-refractivity contribution in [1.82, 2.24) is 15.5 Å². The highest BCUT2D eigenvalue weighted by molar-refractivity contribution is 5.93. The lowest BCUT2D eigenvalue weighted by Crippen LogP contribution is -2.54. The lowest BCUT2D eigenvalue weighted by molar-refractivity contribution is -0.118. The van der Waals surface area contributed by atoms with Gasteiger partial charge in [-0.25, -0.2) is 0 Å². The van der Waals surface area contributed by atoms with E-state index >= 15 is 0 Å². The van der Waals surface area contributed by atoms with Gasteiger partial charge in [0, 0.05) is 25.3 Å². The molecule has 3 aliphatic rings. The fourth-order valence-electron chi connectivity index (χ4n) is 5.12. The summed E-state index contributed by atoms with van der Waals surface area (Å²) in [4.78, 5) is 15.4. The first-order valence-electron chi connectivity index (χ1n) is 11.4. The summed E-state index contributed by atoms with van der Waals surface area (Å²) < 4.78 is 12.5. The van der Waals surface area contributed by atoms with Gasteiger partial charge in [-0.05, 0) is 48.4 Å². The molecule has 2 bridgehead atoms. The summed E-state index contributed by atoms with van der Waals surface area (Å²) in [7, 11) is 0. The highest BCUT2D eigenvalue weighted by atomic mass is 16.5. The molecule has 3 N–H and O–H groups in total. The van der Waals surface area contributed by atoms with Gasteiger partial charge in [-0.3, -0.25) is 20.3 Å². The Morgan fingerprint density at radius 1 is 0.848 bits per heavy atom. The number of fused-ring (bicyclic) bond motifs is 8. The van der Waals surface area contributed by atoms with E-state index in [-0.39, 0.29) is 18.0 Å². The molecule has 3 heterocycles. The number of hydrogen-bond acceptors (Lipinski definition) is 6. The van der Waals surface area contributed by atoms with Crippen molar-refractivity contribution >= 4 is 11.6 Å². The van der Waals surface area contributed by atoms with Crippen LogP contribution in [0, 0.1) is 0 Å². The zero-order valence-electron chi connectivity index (χ0n) is 18.2. The standard InChI is InChI=1S/C26H26N4O3/c31-24-15-30-13-12-20-25(28-16-27-20)26(30)17-6-5-7-18(14-17)32-22-10-3-4-11-23(22)33-21-9-2-1-8-19(21)29-24/h1-11,14,20,25-28H,12-13,15-16H2,(H,29,31). The third-order valence-corrected chi connectivity index (χ3v) is 6.60. The van der Waals surface area contributed by atoms with Crippen molar-refractivity contribution in [3.05, 3.63) is 78.4 Å². The highest BCUT2D eigenvalue weighted by Crippen LogP contribution is 2.39. The van der Waals surface area contributed by atoms with Crippen molar-refractivity contribution in [2.75, 3.05) is 25.1 Å². The Labute approximate surface area is 192 Å². The average molecular weight is 443 g/mol. The zero-order chi connectivity index (χ0) is 22.2. The van der Waals surface area contributed by atoms with E-state index in [4.69, 9.17) is 9.47 Å². The molecule has 6 rings (SSSR count). The SMILES string of the molecule is O=C1CN2CCC3NCNC3C2c2cccc(c2)Oc2ccccc2Oc2ccccc2N1. The number of rotatable bonds is 0. The third kappa shape index (κ3) is 3.95. The summed E-state index contributed by atoms with van der Waals surface area (Å²) in [5.41, 5.74) is 1.77. The summed E-state index contributed by atoms with van der Waals surface area (Å²) in [6.07, 6.45) is 0.991. The van der Waals surface area contributed by atoms with Crippen molar-refractivity contribution in [2.45, 2.75) is 24.5 Å². The van der Waals surface area contributed by atoms with E-state index in [2.05, 4.69) is 33.0 Å². The molecule has 0 saturated carbocycles. The van der Waals surface area contributed by atoms with E-state index < -0.39 is 0 Å². The first-order chi connectivity index (χ1) is 16.2. The molecule has 0 radical (unpaired) electrons. The number of benzene rings is 3. The maximum Gasteiger partial charge on any atom is 0.238 e. The van der Waals surface area contributed by atoms with Crippen LogP contribution in [0.15, 0.2) is 72.8 Å². The molecule has 0 spiro atoms. The molecule has 33 heavy (non-hydrogen) atoms. The van der Waals surface area contributed by atoms with Crippen LogP contribution in [-0.4, -0.2) is 42.6 Å². The largest absolute Gasteiger partial charge is 0.453 e. The van der Waals surface area contributed by atoms with Gasteiger partial charge in [0.15, 0.2) is 17.2 Å². The molecule has 3 aromatic rings. The first kappa shape index (κ1) is 20.2. The minimum absolute atomic E-state index is 0.0535. The van der Waals surface area contributed by atoms with Crippen LogP contribution in [0.4, 0.5) is 5.69 Å². The number of nitrogens with zero attached hydrogens (tertiary/aromatic N) is 1. The Balaban J connectivity index is 1.46. The molecule has 0 aliphatic carbocycles. The number of amides is 1. The van der Waals surface area contributed by atoms with Crippen LogP contribution in [0.3, 0.4) is 0 Å². The van der Waals surface area contributed by atoms with Gasteiger partial charge in [0.05, 0.1) is 18.3 Å². The lowest BCUT2D eigenvalue weighted by Gasteiger charge is -2.42. The second kappa shape index (κ2) is 8.51. The normalized spacial score (nSPS) is 24.6. The monoisotopic (exact) mass is 442 g/mol. The number of hydrogen-bond donors (Lipinski definition) is 3. The molecule has 0 aromatic heterocycles. The van der Waals surface area contributed by atoms with Gasteiger partial charge in [-0.1, -0.05) is 36.4 Å². The highest BCUT2D eigenvalue weighted by Gasteiger charge is 2.42. The summed E-state index contributed by atoms with van der Waals surface area (Å²) in [6.45, 7) is 1.91. The molecule has 3 unspecified atom stereocenters. The maximum atomic E-state index is 13.2. The smallest absolute Gasteiger partial charge is 0.238 e. The van der Waals surface area contributed by atoms with Crippen LogP contribution in [0.5, 0.6) is 23.0 Å². The van der Waals surface area contributed by atoms with E-state index in [1.165, 1.54) is 0 Å². The quantitative estimate of drug-likeness (QED) is 0.491. The molecule has 3 aliphatic heterocycles. The fourth-order valence-corrected chi connectivity index (χ4v) is 5.12. The van der Waals surface area contributed by atoms with Gasteiger partial charge < -0.3 is 14.8 Å². The van der Waals surface area contributed by atoms with Crippen molar-refractivity contribution in [3.8, 4) is 23.0 Å². The van der Waals surface area contributed by atoms with Gasteiger partial charge in [-0.2, -0.15) is 0 Å². The minimum atomic E-state index is -0.0572. The van der Waals surface area contributed by atoms with E-state index in [1.807, 2.05) is 60.7 Å². The predicted octanol–water partition coefficient (Wildman–Crippen LogP) is 3.86. The molecular formula is C26H26N4O3. The average Bonchev–Trinajstić information content (AvgIpc) is 3.30. The van der Waals surface area contributed by atoms with Crippen LogP contribution < -0.4 is 25.4 Å². The van der Waals surface area contributed by atoms with Gasteiger partial charge >= 0.3 is 0 Å². The Bertz CT molecular complexity index is 1180. The molecule has 2 saturated heterocycles. The number of carbonyl (C=O) groups excluding carboxylic acids is 1. The Morgan fingerprint density at radius 3 is 2.52 bits per heavy atom. The second-order valence-electron chi connectivity index (χ2n) is 8.69. The number of piperidine rings is 1. The molecule has 7 nitrogen and oxygen atoms in total. The summed E-state index contributed by atoms with van der Waals surface area (Å²) >= 11 is 0. The minimum Gasteiger partial charge on any atom is -0.453 e. The van der Waals surface area contributed by atoms with Crippen LogP contribution in [-0.2, 0) is 4.79 Å². The molecule has 3 aromatic carbocycles. The second-order valence-corrected chi connectivity index (χ2v) is 8.69. The molecular weight excluding hydrogens is 416 g/mol. The van der Waals surface area contributed by atoms with Crippen molar-refractivity contribution in [2.24, 2.45) is 0 Å². The summed E-state index contributed by atoms with van der Waals surface area (Å²) in [5, 5.41) is 10.2. The Morgan fingerprint density at radius 2 is 1.64 bits per heavy atom. The van der Waals surface area contributed by atoms with Gasteiger partial charge in [0.1, 0.15) is 5.75 Å². The van der Waals surface area contributed by atoms with E-state index in [0.717, 1.165) is 30.9 Å². The van der Waals surface area contributed by atoms with Crippen LogP contribution in [0.25, 0.3) is 0 Å². The molecule has 7 heteroatoms. The zero-order valence-corrected chi connectivity index (χ0v) is 18.2. The fraction of sp³-hybridized carbons (Fsp3) is 0.269. The number of para-hydroxylation sites is 4. The topological polar surface area (TPSA) is 74.9 Å². The Kier molecular flexibility index (Phi) is 5.22. The van der Waals surface area contributed by atoms with Crippen molar-refractivity contribution in [3.63, 3.8) is 0 Å². The van der Waals surface area contributed by atoms with Crippen molar-refractivity contribution in [1.29, 1.82) is 0 Å². The number of nitrogens with one attached hydrogen (secondary N) is 3. The molecule has 3 atom stereocenters. The molecule has 168 valence electrons. The van der Waals surface area contributed by atoms with Crippen LogP contribution in [0.1, 0.15) is 18.0 Å². The number of anilines is 1. The van der Waals surface area contributed by atoms with E-state index in [0.29, 0.717) is 35.5 Å². The molecule has 2 fully saturated rings. The van der Waals surface area contributed by atoms with Gasteiger partial charge in [0.2, 0.25) is 5.91 Å². The first-order valence-corrected chi connectivity index (χ1v) is 11.4. The van der Waals surface area contributed by atoms with Crippen LogP contribution in [0.2, 0.25) is 0 Å². The molecule has 1 amide bonds. The van der Waals surface area contributed by atoms with Gasteiger partial charge in [0.25, 0.3) is 0 Å². The number of carbonyl (C=O) groups is 1. The maximum absolute atomic E-state index is 13.2. The summed E-state index contributed by atoms with van der Waals surface area (Å²) in [6, 6.07) is 23.9. The van der Waals surface area contributed by atoms with E-state index in [1.54, 1.807) is 0 Å².